The van der Waals surface area contributed by atoms with Crippen LogP contribution in [0.5, 0.6) is 5.75 Å². The van der Waals surface area contributed by atoms with Gasteiger partial charge >= 0.3 is 5.97 Å². The van der Waals surface area contributed by atoms with Crippen molar-refractivity contribution in [1.82, 2.24) is 16.0 Å². The van der Waals surface area contributed by atoms with Gasteiger partial charge < -0.3 is 42.7 Å². The predicted octanol–water partition coefficient (Wildman–Crippen LogP) is -1.90. The van der Waals surface area contributed by atoms with E-state index in [1.807, 2.05) is 0 Å². The summed E-state index contributed by atoms with van der Waals surface area (Å²) in [5, 5.41) is 35.7. The van der Waals surface area contributed by atoms with Crippen molar-refractivity contribution < 1.29 is 39.3 Å². The van der Waals surface area contributed by atoms with E-state index in [4.69, 9.17) is 11.5 Å². The quantitative estimate of drug-likeness (QED) is 0.140. The number of carbonyl (C=O) groups is 5. The number of aliphatic hydroxyl groups excluding tert-OH is 1. The third-order valence-electron chi connectivity index (χ3n) is 5.37. The zero-order valence-corrected chi connectivity index (χ0v) is 20.4. The van der Waals surface area contributed by atoms with Gasteiger partial charge in [-0.15, -0.1) is 0 Å². The Balaban J connectivity index is 3.17. The van der Waals surface area contributed by atoms with E-state index in [0.717, 1.165) is 0 Å². The molecule has 13 heteroatoms. The van der Waals surface area contributed by atoms with Crippen molar-refractivity contribution in [2.24, 2.45) is 17.4 Å². The van der Waals surface area contributed by atoms with Gasteiger partial charge in [-0.25, -0.2) is 4.79 Å². The molecule has 0 saturated heterocycles. The van der Waals surface area contributed by atoms with Gasteiger partial charge in [0.15, 0.2) is 0 Å². The SMILES string of the molecule is CC(C)C(NC(=O)C(CCC(N)=O)NC(=O)C(Cc1ccc(O)cc1)NC(=O)C(N)C(C)O)C(=O)O. The van der Waals surface area contributed by atoms with Crippen LogP contribution in [0.1, 0.15) is 39.2 Å². The molecule has 13 nitrogen and oxygen atoms in total. The zero-order chi connectivity index (χ0) is 27.6. The Morgan fingerprint density at radius 3 is 1.89 bits per heavy atom. The fraction of sp³-hybridized carbons (Fsp3) is 0.522. The largest absolute Gasteiger partial charge is 0.508 e. The summed E-state index contributed by atoms with van der Waals surface area (Å²) >= 11 is 0. The average molecular weight is 510 g/mol. The Morgan fingerprint density at radius 1 is 0.889 bits per heavy atom. The fourth-order valence-electron chi connectivity index (χ4n) is 3.16. The molecule has 1 aromatic carbocycles. The molecule has 5 atom stereocenters. The van der Waals surface area contributed by atoms with E-state index in [9.17, 15) is 39.3 Å². The molecule has 1 rings (SSSR count). The highest BCUT2D eigenvalue weighted by Gasteiger charge is 2.32. The maximum absolute atomic E-state index is 13.2. The lowest BCUT2D eigenvalue weighted by Gasteiger charge is -2.26. The van der Waals surface area contributed by atoms with Gasteiger partial charge in [0, 0.05) is 12.8 Å². The Bertz CT molecular complexity index is 935. The lowest BCUT2D eigenvalue weighted by molar-refractivity contribution is -0.143. The first kappa shape index (κ1) is 30.3. The van der Waals surface area contributed by atoms with E-state index in [2.05, 4.69) is 16.0 Å². The Labute approximate surface area is 208 Å². The number of aromatic hydroxyl groups is 1. The molecule has 0 fully saturated rings. The van der Waals surface area contributed by atoms with Crippen LogP contribution in [0.2, 0.25) is 0 Å². The minimum atomic E-state index is -1.34. The van der Waals surface area contributed by atoms with Crippen molar-refractivity contribution in [2.45, 2.75) is 70.3 Å². The monoisotopic (exact) mass is 509 g/mol. The number of carbonyl (C=O) groups excluding carboxylic acids is 4. The number of amides is 4. The number of primary amides is 1. The van der Waals surface area contributed by atoms with Crippen LogP contribution < -0.4 is 27.4 Å². The smallest absolute Gasteiger partial charge is 0.326 e. The third kappa shape index (κ3) is 9.88. The number of phenols is 1. The molecular weight excluding hydrogens is 474 g/mol. The van der Waals surface area contributed by atoms with Crippen LogP contribution in [-0.2, 0) is 30.4 Å². The summed E-state index contributed by atoms with van der Waals surface area (Å²) in [7, 11) is 0. The highest BCUT2D eigenvalue weighted by molar-refractivity contribution is 5.94. The van der Waals surface area contributed by atoms with Crippen molar-refractivity contribution in [3.63, 3.8) is 0 Å². The van der Waals surface area contributed by atoms with Crippen LogP contribution in [0, 0.1) is 5.92 Å². The second-order valence-corrected chi connectivity index (χ2v) is 8.83. The average Bonchev–Trinajstić information content (AvgIpc) is 2.79. The molecule has 1 aromatic rings. The van der Waals surface area contributed by atoms with Crippen molar-refractivity contribution in [2.75, 3.05) is 0 Å². The molecule has 0 aromatic heterocycles. The van der Waals surface area contributed by atoms with Crippen LogP contribution in [-0.4, -0.2) is 75.2 Å². The topological polar surface area (TPSA) is 234 Å². The van der Waals surface area contributed by atoms with Crippen LogP contribution in [0.3, 0.4) is 0 Å². The van der Waals surface area contributed by atoms with Gasteiger partial charge in [-0.1, -0.05) is 26.0 Å². The van der Waals surface area contributed by atoms with E-state index in [1.165, 1.54) is 31.2 Å². The predicted molar refractivity (Wildman–Crippen MR) is 128 cm³/mol. The molecule has 0 aliphatic heterocycles. The van der Waals surface area contributed by atoms with Crippen LogP contribution >= 0.6 is 0 Å². The summed E-state index contributed by atoms with van der Waals surface area (Å²) in [5.41, 5.74) is 11.4. The minimum absolute atomic E-state index is 0.0127. The van der Waals surface area contributed by atoms with Gasteiger partial charge in [0.1, 0.15) is 29.9 Å². The normalized spacial score (nSPS) is 15.2. The summed E-state index contributed by atoms with van der Waals surface area (Å²) < 4.78 is 0. The van der Waals surface area contributed by atoms with Crippen LogP contribution in [0.15, 0.2) is 24.3 Å². The van der Waals surface area contributed by atoms with Gasteiger partial charge in [-0.2, -0.15) is 0 Å². The molecule has 0 saturated carbocycles. The Kier molecular flexibility index (Phi) is 11.8. The maximum atomic E-state index is 13.2. The molecule has 5 unspecified atom stereocenters. The lowest BCUT2D eigenvalue weighted by atomic mass is 10.0. The summed E-state index contributed by atoms with van der Waals surface area (Å²) in [4.78, 5) is 61.3. The van der Waals surface area contributed by atoms with E-state index < -0.39 is 65.8 Å². The molecule has 0 aliphatic rings. The summed E-state index contributed by atoms with van der Waals surface area (Å²) in [5.74, 6) is -4.99. The number of nitrogens with two attached hydrogens (primary N) is 2. The number of aliphatic hydroxyl groups is 1. The molecule has 0 spiro atoms. The van der Waals surface area contributed by atoms with E-state index in [1.54, 1.807) is 13.8 Å². The first-order chi connectivity index (χ1) is 16.7. The van der Waals surface area contributed by atoms with E-state index in [0.29, 0.717) is 5.56 Å². The molecule has 0 bridgehead atoms. The molecule has 200 valence electrons. The Hall–Kier alpha value is -3.71. The number of rotatable bonds is 14. The lowest BCUT2D eigenvalue weighted by Crippen LogP contribution is -2.59. The van der Waals surface area contributed by atoms with Crippen molar-refractivity contribution >= 4 is 29.6 Å². The van der Waals surface area contributed by atoms with Gasteiger partial charge in [0.05, 0.1) is 6.10 Å². The number of carboxylic acid groups (broad SMARTS) is 1. The maximum Gasteiger partial charge on any atom is 0.326 e. The summed E-state index contributed by atoms with van der Waals surface area (Å²) in [6.45, 7) is 4.48. The van der Waals surface area contributed by atoms with Crippen molar-refractivity contribution in [3.05, 3.63) is 29.8 Å². The fourth-order valence-corrected chi connectivity index (χ4v) is 3.16. The van der Waals surface area contributed by atoms with Crippen LogP contribution in [0.25, 0.3) is 0 Å². The number of aliphatic carboxylic acids is 1. The molecular formula is C23H35N5O8. The zero-order valence-electron chi connectivity index (χ0n) is 20.4. The van der Waals surface area contributed by atoms with Gasteiger partial charge in [0.2, 0.25) is 23.6 Å². The van der Waals surface area contributed by atoms with E-state index >= 15 is 0 Å². The van der Waals surface area contributed by atoms with E-state index in [-0.39, 0.29) is 25.0 Å². The molecule has 0 aliphatic carbocycles. The van der Waals surface area contributed by atoms with Gasteiger partial charge in [-0.3, -0.25) is 19.2 Å². The molecule has 0 heterocycles. The standard InChI is InChI=1S/C23H35N5O8/c1-11(2)19(23(35)36)28-20(32)15(8-9-17(24)31)26-21(33)16(27-22(34)18(25)12(3)29)10-13-4-6-14(30)7-5-13/h4-7,11-12,15-16,18-19,29-30H,8-10,25H2,1-3H3,(H2,24,31)(H,26,33)(H,27,34)(H,28,32)(H,35,36). The minimum Gasteiger partial charge on any atom is -0.508 e. The highest BCUT2D eigenvalue weighted by atomic mass is 16.4. The number of hydrogen-bond donors (Lipinski definition) is 8. The number of phenolic OH excluding ortho intramolecular Hbond substituents is 1. The van der Waals surface area contributed by atoms with Crippen molar-refractivity contribution in [3.8, 4) is 5.75 Å². The number of carboxylic acids is 1. The highest BCUT2D eigenvalue weighted by Crippen LogP contribution is 2.12. The summed E-state index contributed by atoms with van der Waals surface area (Å²) in [6, 6.07) is 0.620. The first-order valence-electron chi connectivity index (χ1n) is 11.4. The second kappa shape index (κ2) is 14.0. The van der Waals surface area contributed by atoms with Gasteiger partial charge in [0.25, 0.3) is 0 Å². The molecule has 10 N–H and O–H groups in total. The molecule has 4 amide bonds. The first-order valence-corrected chi connectivity index (χ1v) is 11.4. The number of benzene rings is 1. The van der Waals surface area contributed by atoms with Crippen molar-refractivity contribution in [1.29, 1.82) is 0 Å². The van der Waals surface area contributed by atoms with Crippen LogP contribution in [0.4, 0.5) is 0 Å². The number of hydrogen-bond acceptors (Lipinski definition) is 8. The summed E-state index contributed by atoms with van der Waals surface area (Å²) in [6.07, 6.45) is -1.78. The second-order valence-electron chi connectivity index (χ2n) is 8.83. The number of nitrogens with one attached hydrogen (secondary N) is 3. The molecule has 0 radical (unpaired) electrons. The van der Waals surface area contributed by atoms with Gasteiger partial charge in [-0.05, 0) is 37.0 Å². The Morgan fingerprint density at radius 2 is 1.42 bits per heavy atom. The molecule has 36 heavy (non-hydrogen) atoms. The third-order valence-corrected chi connectivity index (χ3v) is 5.37.